The van der Waals surface area contributed by atoms with E-state index in [-0.39, 0.29) is 17.8 Å². The van der Waals surface area contributed by atoms with Crippen molar-refractivity contribution >= 4 is 16.7 Å². The summed E-state index contributed by atoms with van der Waals surface area (Å²) in [5.41, 5.74) is 1.57. The summed E-state index contributed by atoms with van der Waals surface area (Å²) in [5.74, 6) is 0.833. The van der Waals surface area contributed by atoms with Crippen LogP contribution in [-0.2, 0) is 13.6 Å². The highest BCUT2D eigenvalue weighted by Gasteiger charge is 2.26. The molecule has 8 heteroatoms. The molecule has 180 valence electrons. The molecule has 2 heterocycles. The van der Waals surface area contributed by atoms with Gasteiger partial charge in [0.05, 0.1) is 19.0 Å². The van der Waals surface area contributed by atoms with Crippen molar-refractivity contribution in [2.24, 2.45) is 7.05 Å². The Kier molecular flexibility index (Phi) is 6.32. The number of aryl methyl sites for hydroxylation is 1. The number of methoxy groups -OCH3 is 1. The number of carbonyl (C=O) groups is 1. The third-order valence-electron chi connectivity index (χ3n) is 6.10. The first kappa shape index (κ1) is 23.0. The van der Waals surface area contributed by atoms with Gasteiger partial charge in [0.2, 0.25) is 0 Å². The highest BCUT2D eigenvalue weighted by molar-refractivity contribution is 6.05. The number of hydrogen-bond acceptors (Lipinski definition) is 5. The van der Waals surface area contributed by atoms with Gasteiger partial charge in [-0.25, -0.2) is 9.67 Å². The Morgan fingerprint density at radius 1 is 0.972 bits per heavy atom. The lowest BCUT2D eigenvalue weighted by Gasteiger charge is -2.21. The fourth-order valence-corrected chi connectivity index (χ4v) is 4.31. The normalized spacial score (nSPS) is 11.8. The molecule has 0 bridgehead atoms. The van der Waals surface area contributed by atoms with Crippen LogP contribution in [0.2, 0.25) is 0 Å². The standard InChI is InChI=1S/C28H25N5O3/c1-32-17-16-29-26(32)24(22-14-8-9-15-23(22)36-2)30-27(34)25-20-12-6-7-13-21(20)28(35)33(31-25)18-19-10-4-3-5-11-19/h3-17,24H,18H2,1-2H3,(H,30,34). The Morgan fingerprint density at radius 3 is 2.39 bits per heavy atom. The zero-order valence-electron chi connectivity index (χ0n) is 20.0. The second-order valence-electron chi connectivity index (χ2n) is 8.39. The maximum absolute atomic E-state index is 13.8. The van der Waals surface area contributed by atoms with Crippen molar-refractivity contribution < 1.29 is 9.53 Å². The number of para-hydroxylation sites is 1. The molecule has 0 saturated heterocycles. The van der Waals surface area contributed by atoms with Crippen molar-refractivity contribution in [2.75, 3.05) is 7.11 Å². The van der Waals surface area contributed by atoms with Gasteiger partial charge >= 0.3 is 0 Å². The van der Waals surface area contributed by atoms with Gasteiger partial charge in [-0.1, -0.05) is 66.7 Å². The number of fused-ring (bicyclic) bond motifs is 1. The Labute approximate surface area is 207 Å². The SMILES string of the molecule is COc1ccccc1C(NC(=O)c1nn(Cc2ccccc2)c(=O)c2ccccc12)c1nccn1C. The first-order valence-electron chi connectivity index (χ1n) is 11.5. The van der Waals surface area contributed by atoms with E-state index in [4.69, 9.17) is 4.74 Å². The summed E-state index contributed by atoms with van der Waals surface area (Å²) in [4.78, 5) is 31.5. The first-order chi connectivity index (χ1) is 17.6. The number of benzene rings is 3. The molecule has 36 heavy (non-hydrogen) atoms. The number of hydrogen-bond donors (Lipinski definition) is 1. The second kappa shape index (κ2) is 9.87. The lowest BCUT2D eigenvalue weighted by atomic mass is 10.0. The highest BCUT2D eigenvalue weighted by Crippen LogP contribution is 2.29. The Balaban J connectivity index is 1.61. The Bertz CT molecular complexity index is 1590. The molecule has 0 saturated carbocycles. The fourth-order valence-electron chi connectivity index (χ4n) is 4.31. The summed E-state index contributed by atoms with van der Waals surface area (Å²) in [5, 5.41) is 8.53. The zero-order chi connectivity index (χ0) is 25.1. The van der Waals surface area contributed by atoms with Crippen LogP contribution in [0.3, 0.4) is 0 Å². The van der Waals surface area contributed by atoms with Crippen molar-refractivity contribution in [1.29, 1.82) is 0 Å². The molecule has 1 atom stereocenters. The minimum absolute atomic E-state index is 0.162. The van der Waals surface area contributed by atoms with Crippen LogP contribution in [0.15, 0.2) is 96.1 Å². The average molecular weight is 480 g/mol. The van der Waals surface area contributed by atoms with Gasteiger partial charge in [0.25, 0.3) is 11.5 Å². The minimum Gasteiger partial charge on any atom is -0.496 e. The number of imidazole rings is 1. The number of nitrogens with zero attached hydrogens (tertiary/aromatic N) is 4. The van der Waals surface area contributed by atoms with E-state index in [0.29, 0.717) is 22.3 Å². The van der Waals surface area contributed by atoms with E-state index in [1.807, 2.05) is 72.4 Å². The predicted octanol–water partition coefficient (Wildman–Crippen LogP) is 3.71. The molecule has 0 radical (unpaired) electrons. The van der Waals surface area contributed by atoms with Gasteiger partial charge in [0.1, 0.15) is 17.6 Å². The van der Waals surface area contributed by atoms with Crippen LogP contribution in [0.4, 0.5) is 0 Å². The number of ether oxygens (including phenoxy) is 1. The molecule has 8 nitrogen and oxygen atoms in total. The summed E-state index contributed by atoms with van der Waals surface area (Å²) < 4.78 is 8.76. The van der Waals surface area contributed by atoms with Crippen LogP contribution in [0, 0.1) is 0 Å². The van der Waals surface area contributed by atoms with Crippen LogP contribution < -0.4 is 15.6 Å². The minimum atomic E-state index is -0.608. The van der Waals surface area contributed by atoms with Gasteiger partial charge in [-0.3, -0.25) is 9.59 Å². The van der Waals surface area contributed by atoms with E-state index in [1.54, 1.807) is 37.6 Å². The summed E-state index contributed by atoms with van der Waals surface area (Å²) >= 11 is 0. The Hall–Kier alpha value is -4.72. The van der Waals surface area contributed by atoms with Gasteiger partial charge in [0, 0.05) is 30.4 Å². The molecule has 5 rings (SSSR count). The van der Waals surface area contributed by atoms with Crippen LogP contribution >= 0.6 is 0 Å². The molecule has 1 unspecified atom stereocenters. The number of carbonyl (C=O) groups excluding carboxylic acids is 1. The average Bonchev–Trinajstić information content (AvgIpc) is 3.34. The summed E-state index contributed by atoms with van der Waals surface area (Å²) in [6, 6.07) is 23.5. The van der Waals surface area contributed by atoms with Crippen molar-refractivity contribution in [1.82, 2.24) is 24.6 Å². The number of amides is 1. The molecule has 0 aliphatic carbocycles. The quantitative estimate of drug-likeness (QED) is 0.384. The molecule has 3 aromatic carbocycles. The fraction of sp³-hybridized carbons (Fsp3) is 0.143. The van der Waals surface area contributed by atoms with Crippen molar-refractivity contribution in [3.8, 4) is 5.75 Å². The molecule has 0 spiro atoms. The van der Waals surface area contributed by atoms with Gasteiger partial charge in [-0.2, -0.15) is 5.10 Å². The highest BCUT2D eigenvalue weighted by atomic mass is 16.5. The Morgan fingerprint density at radius 2 is 1.67 bits per heavy atom. The third kappa shape index (κ3) is 4.36. The van der Waals surface area contributed by atoms with Crippen molar-refractivity contribution in [3.63, 3.8) is 0 Å². The van der Waals surface area contributed by atoms with Crippen molar-refractivity contribution in [3.05, 3.63) is 124 Å². The molecular weight excluding hydrogens is 454 g/mol. The second-order valence-corrected chi connectivity index (χ2v) is 8.39. The van der Waals surface area contributed by atoms with Crippen LogP contribution in [0.5, 0.6) is 5.75 Å². The first-order valence-corrected chi connectivity index (χ1v) is 11.5. The predicted molar refractivity (Wildman–Crippen MR) is 137 cm³/mol. The van der Waals surface area contributed by atoms with E-state index >= 15 is 0 Å². The molecule has 0 aliphatic rings. The zero-order valence-corrected chi connectivity index (χ0v) is 20.0. The van der Waals surface area contributed by atoms with E-state index in [2.05, 4.69) is 15.4 Å². The van der Waals surface area contributed by atoms with E-state index in [1.165, 1.54) is 4.68 Å². The molecule has 5 aromatic rings. The molecule has 0 aliphatic heterocycles. The van der Waals surface area contributed by atoms with Crippen LogP contribution in [-0.4, -0.2) is 32.3 Å². The number of aromatic nitrogens is 4. The number of nitrogens with one attached hydrogen (secondary N) is 1. The van der Waals surface area contributed by atoms with Crippen LogP contribution in [0.1, 0.15) is 33.5 Å². The van der Waals surface area contributed by atoms with Gasteiger partial charge in [0.15, 0.2) is 5.69 Å². The summed E-state index contributed by atoms with van der Waals surface area (Å²) in [6.07, 6.45) is 3.50. The molecule has 0 fully saturated rings. The van der Waals surface area contributed by atoms with Gasteiger partial charge in [-0.05, 0) is 17.7 Å². The molecular formula is C28H25N5O3. The maximum Gasteiger partial charge on any atom is 0.274 e. The van der Waals surface area contributed by atoms with E-state index in [9.17, 15) is 9.59 Å². The monoisotopic (exact) mass is 479 g/mol. The number of rotatable bonds is 7. The summed E-state index contributed by atoms with van der Waals surface area (Å²) in [7, 11) is 3.45. The third-order valence-corrected chi connectivity index (χ3v) is 6.10. The largest absolute Gasteiger partial charge is 0.496 e. The van der Waals surface area contributed by atoms with E-state index < -0.39 is 11.9 Å². The topological polar surface area (TPSA) is 91.0 Å². The summed E-state index contributed by atoms with van der Waals surface area (Å²) in [6.45, 7) is 0.250. The van der Waals surface area contributed by atoms with E-state index in [0.717, 1.165) is 11.1 Å². The van der Waals surface area contributed by atoms with Gasteiger partial charge < -0.3 is 14.6 Å². The molecule has 2 aromatic heterocycles. The molecule has 1 amide bonds. The lowest BCUT2D eigenvalue weighted by Crippen LogP contribution is -2.34. The molecule has 1 N–H and O–H groups in total. The maximum atomic E-state index is 13.8. The van der Waals surface area contributed by atoms with Crippen LogP contribution in [0.25, 0.3) is 10.8 Å². The lowest BCUT2D eigenvalue weighted by molar-refractivity contribution is 0.0935. The van der Waals surface area contributed by atoms with Crippen molar-refractivity contribution in [2.45, 2.75) is 12.6 Å². The smallest absolute Gasteiger partial charge is 0.274 e. The van der Waals surface area contributed by atoms with Gasteiger partial charge in [-0.15, -0.1) is 0 Å².